The molecule has 0 bridgehead atoms. The van der Waals surface area contributed by atoms with Crippen molar-refractivity contribution in [2.24, 2.45) is 0 Å². The first-order valence-corrected chi connectivity index (χ1v) is 10.5. The third-order valence-electron chi connectivity index (χ3n) is 3.93. The second kappa shape index (κ2) is 8.14. The molecule has 0 atom stereocenters. The maximum atomic E-state index is 12.4. The highest BCUT2D eigenvalue weighted by Crippen LogP contribution is 2.25. The van der Waals surface area contributed by atoms with Crippen LogP contribution >= 0.6 is 11.8 Å². The van der Waals surface area contributed by atoms with Crippen molar-refractivity contribution in [3.8, 4) is 0 Å². The van der Waals surface area contributed by atoms with Gasteiger partial charge in [-0.2, -0.15) is 4.31 Å². The molecular weight excluding hydrogens is 340 g/mol. The predicted octanol–water partition coefficient (Wildman–Crippen LogP) is 4.02. The van der Waals surface area contributed by atoms with Crippen LogP contribution in [0.1, 0.15) is 30.5 Å². The van der Waals surface area contributed by atoms with Crippen molar-refractivity contribution in [2.75, 3.05) is 13.1 Å². The van der Waals surface area contributed by atoms with Gasteiger partial charge in [-0.1, -0.05) is 37.6 Å². The third kappa shape index (κ3) is 4.37. The lowest BCUT2D eigenvalue weighted by atomic mass is 10.1. The fourth-order valence-corrected chi connectivity index (χ4v) is 4.73. The second-order valence-corrected chi connectivity index (χ2v) is 8.57. The van der Waals surface area contributed by atoms with E-state index in [2.05, 4.69) is 37.0 Å². The van der Waals surface area contributed by atoms with Gasteiger partial charge in [0, 0.05) is 25.0 Å². The molecule has 0 fully saturated rings. The van der Waals surface area contributed by atoms with Gasteiger partial charge in [0.2, 0.25) is 10.0 Å². The molecular formula is C18H24N2O2S2. The molecule has 24 heavy (non-hydrogen) atoms. The second-order valence-electron chi connectivity index (χ2n) is 5.64. The maximum Gasteiger partial charge on any atom is 0.244 e. The molecule has 0 saturated heterocycles. The van der Waals surface area contributed by atoms with Gasteiger partial charge < -0.3 is 0 Å². The van der Waals surface area contributed by atoms with Crippen molar-refractivity contribution in [1.82, 2.24) is 9.29 Å². The molecule has 1 aromatic heterocycles. The summed E-state index contributed by atoms with van der Waals surface area (Å²) in [5.41, 5.74) is 3.78. The predicted molar refractivity (Wildman–Crippen MR) is 99.8 cm³/mol. The maximum absolute atomic E-state index is 12.4. The van der Waals surface area contributed by atoms with Crippen molar-refractivity contribution in [3.63, 3.8) is 0 Å². The number of hydrogen-bond acceptors (Lipinski definition) is 4. The first kappa shape index (κ1) is 19.0. The van der Waals surface area contributed by atoms with E-state index in [-0.39, 0.29) is 4.90 Å². The Morgan fingerprint density at radius 3 is 2.38 bits per heavy atom. The summed E-state index contributed by atoms with van der Waals surface area (Å²) in [5, 5.41) is 0.828. The number of aryl methyl sites for hydroxylation is 2. The summed E-state index contributed by atoms with van der Waals surface area (Å²) in [6, 6.07) is 9.84. The van der Waals surface area contributed by atoms with Crippen molar-refractivity contribution >= 4 is 21.8 Å². The minimum atomic E-state index is -3.44. The third-order valence-corrected chi connectivity index (χ3v) is 6.96. The Labute approximate surface area is 149 Å². The minimum absolute atomic E-state index is 0.252. The van der Waals surface area contributed by atoms with E-state index in [1.54, 1.807) is 23.9 Å². The van der Waals surface area contributed by atoms with Crippen LogP contribution in [0.15, 0.2) is 46.5 Å². The molecule has 0 N–H and O–H groups in total. The fraction of sp³-hybridized carbons (Fsp3) is 0.389. The van der Waals surface area contributed by atoms with Crippen molar-refractivity contribution < 1.29 is 8.42 Å². The summed E-state index contributed by atoms with van der Waals surface area (Å²) in [6.45, 7) is 8.77. The molecule has 2 rings (SSSR count). The lowest BCUT2D eigenvalue weighted by Crippen LogP contribution is -2.30. The Hall–Kier alpha value is -1.37. The summed E-state index contributed by atoms with van der Waals surface area (Å²) >= 11 is 1.62. The topological polar surface area (TPSA) is 50.3 Å². The van der Waals surface area contributed by atoms with Gasteiger partial charge in [-0.15, -0.1) is 11.8 Å². The van der Waals surface area contributed by atoms with Crippen LogP contribution in [-0.2, 0) is 15.8 Å². The SMILES string of the molecule is CCN(CC)S(=O)(=O)c1ccc(SCc2cc(C)ccc2C)nc1. The van der Waals surface area contributed by atoms with Crippen LogP contribution in [0.5, 0.6) is 0 Å². The van der Waals surface area contributed by atoms with E-state index in [0.29, 0.717) is 13.1 Å². The number of thioether (sulfide) groups is 1. The van der Waals surface area contributed by atoms with E-state index in [9.17, 15) is 8.42 Å². The number of benzene rings is 1. The van der Waals surface area contributed by atoms with Crippen molar-refractivity contribution in [3.05, 3.63) is 53.2 Å². The Bertz CT molecular complexity index is 783. The molecule has 0 saturated carbocycles. The van der Waals surface area contributed by atoms with Gasteiger partial charge in [0.1, 0.15) is 4.90 Å². The Morgan fingerprint density at radius 1 is 1.08 bits per heavy atom. The van der Waals surface area contributed by atoms with Gasteiger partial charge in [-0.05, 0) is 37.1 Å². The molecule has 0 unspecified atom stereocenters. The van der Waals surface area contributed by atoms with Crippen LogP contribution < -0.4 is 0 Å². The highest BCUT2D eigenvalue weighted by molar-refractivity contribution is 7.98. The standard InChI is InChI=1S/C18H24N2O2S2/c1-5-20(6-2)24(21,22)17-9-10-18(19-12-17)23-13-16-11-14(3)7-8-15(16)4/h7-12H,5-6,13H2,1-4H3. The average Bonchev–Trinajstić information content (AvgIpc) is 2.57. The monoisotopic (exact) mass is 364 g/mol. The average molecular weight is 365 g/mol. The lowest BCUT2D eigenvalue weighted by Gasteiger charge is -2.18. The van der Waals surface area contributed by atoms with Gasteiger partial charge in [0.05, 0.1) is 5.03 Å². The molecule has 0 aliphatic rings. The molecule has 0 radical (unpaired) electrons. The van der Waals surface area contributed by atoms with E-state index >= 15 is 0 Å². The van der Waals surface area contributed by atoms with Gasteiger partial charge in [-0.25, -0.2) is 13.4 Å². The Kier molecular flexibility index (Phi) is 6.43. The highest BCUT2D eigenvalue weighted by Gasteiger charge is 2.21. The molecule has 0 spiro atoms. The fourth-order valence-electron chi connectivity index (χ4n) is 2.42. The molecule has 1 heterocycles. The highest BCUT2D eigenvalue weighted by atomic mass is 32.2. The molecule has 6 heteroatoms. The summed E-state index contributed by atoms with van der Waals surface area (Å²) in [6.07, 6.45) is 1.46. The van der Waals surface area contributed by atoms with Gasteiger partial charge in [-0.3, -0.25) is 0 Å². The van der Waals surface area contributed by atoms with Gasteiger partial charge >= 0.3 is 0 Å². The van der Waals surface area contributed by atoms with E-state index in [4.69, 9.17) is 0 Å². The number of hydrogen-bond donors (Lipinski definition) is 0. The molecule has 0 aliphatic heterocycles. The largest absolute Gasteiger partial charge is 0.249 e. The zero-order valence-corrected chi connectivity index (χ0v) is 16.2. The zero-order valence-electron chi connectivity index (χ0n) is 14.6. The smallest absolute Gasteiger partial charge is 0.244 e. The number of aromatic nitrogens is 1. The molecule has 1 aromatic carbocycles. The quantitative estimate of drug-likeness (QED) is 0.696. The van der Waals surface area contributed by atoms with E-state index in [1.807, 2.05) is 13.8 Å². The first-order valence-electron chi connectivity index (χ1n) is 8.03. The van der Waals surface area contributed by atoms with Crippen LogP contribution in [0, 0.1) is 13.8 Å². The van der Waals surface area contributed by atoms with E-state index in [0.717, 1.165) is 10.8 Å². The Morgan fingerprint density at radius 2 is 1.79 bits per heavy atom. The number of sulfonamides is 1. The number of rotatable bonds is 7. The Balaban J connectivity index is 2.11. The summed E-state index contributed by atoms with van der Waals surface area (Å²) in [7, 11) is -3.44. The molecule has 0 aliphatic carbocycles. The van der Waals surface area contributed by atoms with Crippen LogP contribution in [-0.4, -0.2) is 30.8 Å². The lowest BCUT2D eigenvalue weighted by molar-refractivity contribution is 0.445. The number of pyridine rings is 1. The summed E-state index contributed by atoms with van der Waals surface area (Å²) in [4.78, 5) is 4.57. The molecule has 2 aromatic rings. The molecule has 4 nitrogen and oxygen atoms in total. The van der Waals surface area contributed by atoms with Crippen LogP contribution in [0.3, 0.4) is 0 Å². The van der Waals surface area contributed by atoms with Crippen molar-refractivity contribution in [2.45, 2.75) is 43.4 Å². The van der Waals surface area contributed by atoms with Gasteiger partial charge in [0.25, 0.3) is 0 Å². The minimum Gasteiger partial charge on any atom is -0.249 e. The zero-order chi connectivity index (χ0) is 17.7. The van der Waals surface area contributed by atoms with E-state index < -0.39 is 10.0 Å². The molecule has 0 amide bonds. The normalized spacial score (nSPS) is 11.9. The number of nitrogens with zero attached hydrogens (tertiary/aromatic N) is 2. The summed E-state index contributed by atoms with van der Waals surface area (Å²) in [5.74, 6) is 0.822. The van der Waals surface area contributed by atoms with E-state index in [1.165, 1.54) is 27.2 Å². The first-order chi connectivity index (χ1) is 11.4. The van der Waals surface area contributed by atoms with Gasteiger partial charge in [0.15, 0.2) is 0 Å². The van der Waals surface area contributed by atoms with Crippen molar-refractivity contribution in [1.29, 1.82) is 0 Å². The molecule has 130 valence electrons. The van der Waals surface area contributed by atoms with Crippen LogP contribution in [0.2, 0.25) is 0 Å². The van der Waals surface area contributed by atoms with Crippen LogP contribution in [0.25, 0.3) is 0 Å². The summed E-state index contributed by atoms with van der Waals surface area (Å²) < 4.78 is 26.3. The van der Waals surface area contributed by atoms with Crippen LogP contribution in [0.4, 0.5) is 0 Å².